The number of nitrogens with zero attached hydrogens (tertiary/aromatic N) is 2. The van der Waals surface area contributed by atoms with Crippen molar-refractivity contribution in [3.05, 3.63) is 112 Å². The van der Waals surface area contributed by atoms with Crippen LogP contribution in [0.2, 0.25) is 0 Å². The van der Waals surface area contributed by atoms with Crippen LogP contribution in [-0.2, 0) is 56.6 Å². The Morgan fingerprint density at radius 3 is 2.22 bits per heavy atom. The minimum absolute atomic E-state index is 0.0472. The van der Waals surface area contributed by atoms with Gasteiger partial charge >= 0.3 is 17.9 Å². The van der Waals surface area contributed by atoms with Gasteiger partial charge in [-0.15, -0.1) is 0 Å². The highest BCUT2D eigenvalue weighted by atomic mass is 17.2. The van der Waals surface area contributed by atoms with Crippen molar-refractivity contribution in [1.29, 1.82) is 0 Å². The van der Waals surface area contributed by atoms with Gasteiger partial charge in [0.05, 0.1) is 61.2 Å². The van der Waals surface area contributed by atoms with Crippen LogP contribution in [0.4, 0.5) is 0 Å². The van der Waals surface area contributed by atoms with E-state index in [4.69, 9.17) is 34.0 Å². The van der Waals surface area contributed by atoms with Gasteiger partial charge in [0.1, 0.15) is 24.9 Å². The maximum absolute atomic E-state index is 13.8. The smallest absolute Gasteiger partial charge is 0.334 e. The number of aliphatic hydroxyl groups excluding tert-OH is 2. The van der Waals surface area contributed by atoms with Gasteiger partial charge in [0.2, 0.25) is 0 Å². The number of aromatic amines is 2. The van der Waals surface area contributed by atoms with E-state index in [-0.39, 0.29) is 50.6 Å². The van der Waals surface area contributed by atoms with Gasteiger partial charge in [-0.1, -0.05) is 31.4 Å². The van der Waals surface area contributed by atoms with Gasteiger partial charge < -0.3 is 39.3 Å². The Kier molecular flexibility index (Phi) is 12.3. The van der Waals surface area contributed by atoms with Crippen molar-refractivity contribution >= 4 is 56.7 Å². The molecule has 2 atom stereocenters. The second kappa shape index (κ2) is 17.2. The molecule has 304 valence electrons. The summed E-state index contributed by atoms with van der Waals surface area (Å²) in [6.07, 6.45) is 5.74. The molecule has 8 bridgehead atoms. The van der Waals surface area contributed by atoms with Crippen molar-refractivity contribution in [2.45, 2.75) is 52.4 Å². The van der Waals surface area contributed by atoms with Gasteiger partial charge in [-0.25, -0.2) is 9.78 Å². The number of fused-ring (bicyclic) bond motifs is 11. The number of ether oxygens (including phenoxy) is 3. The standard InChI is InChI=1S/C44H48N4O10/c1-9-27-24(3)33-20-38-31-12-10-29(42(52)54-7)41(43(53)55-8)44(31,6)39(48-38)22-34-26(5)30(18-23(2)58-57-17-15-50)37(47-34)21-36-28(11-13-40(51)56-16-14-49)25(4)32(46-36)19-35(27)45-33/h9-10,12,19-22,41,46-47,49-50H,1-2,11,13-18H2,3-8H3/t41-,44+/m0/s1. The molecule has 3 aromatic rings. The van der Waals surface area contributed by atoms with Crippen molar-refractivity contribution in [1.82, 2.24) is 19.9 Å². The van der Waals surface area contributed by atoms with E-state index < -0.39 is 29.2 Å². The maximum Gasteiger partial charge on any atom is 0.334 e. The van der Waals surface area contributed by atoms with Crippen molar-refractivity contribution in [3.8, 4) is 0 Å². The van der Waals surface area contributed by atoms with E-state index in [1.807, 2.05) is 52.0 Å². The normalized spacial score (nSPS) is 17.2. The highest BCUT2D eigenvalue weighted by Gasteiger charge is 2.53. The lowest BCUT2D eigenvalue weighted by Gasteiger charge is -2.36. The molecule has 0 saturated carbocycles. The number of esters is 3. The highest BCUT2D eigenvalue weighted by molar-refractivity contribution is 6.02. The monoisotopic (exact) mass is 792 g/mol. The molecule has 0 unspecified atom stereocenters. The van der Waals surface area contributed by atoms with Crippen LogP contribution in [0.25, 0.3) is 38.8 Å². The van der Waals surface area contributed by atoms with E-state index in [9.17, 15) is 24.6 Å². The SMILES string of the molecule is C=CC1=C(C)c2cc3nc(cc4[nH]c(cc5[nH]c(cc1n2)c(C)c5CCC(=O)OCCO)c(CC(=C)OOCCO)c4C)[C@@]1(C)C3=CC=C(C(=O)OC)[C@H]1C(=O)OC. The minimum Gasteiger partial charge on any atom is -0.469 e. The van der Waals surface area contributed by atoms with Gasteiger partial charge in [0.15, 0.2) is 0 Å². The van der Waals surface area contributed by atoms with E-state index in [0.717, 1.165) is 44.4 Å². The number of rotatable bonds is 14. The van der Waals surface area contributed by atoms with Crippen molar-refractivity contribution in [2.24, 2.45) is 5.92 Å². The molecular weight excluding hydrogens is 745 g/mol. The van der Waals surface area contributed by atoms with Crippen molar-refractivity contribution in [3.63, 3.8) is 0 Å². The average molecular weight is 793 g/mol. The number of aryl methyl sites for hydroxylation is 3. The molecule has 6 rings (SSSR count). The maximum atomic E-state index is 13.8. The summed E-state index contributed by atoms with van der Waals surface area (Å²) in [5, 5.41) is 18.4. The number of carbonyl (C=O) groups is 3. The predicted molar refractivity (Wildman–Crippen MR) is 217 cm³/mol. The van der Waals surface area contributed by atoms with E-state index >= 15 is 0 Å². The Bertz CT molecular complexity index is 2470. The molecule has 3 aromatic heterocycles. The summed E-state index contributed by atoms with van der Waals surface area (Å²) in [7, 11) is 2.54. The number of allylic oxidation sites excluding steroid dienone is 7. The number of methoxy groups -OCH3 is 2. The summed E-state index contributed by atoms with van der Waals surface area (Å²) in [4.78, 5) is 67.5. The molecule has 58 heavy (non-hydrogen) atoms. The Balaban J connectivity index is 1.72. The summed E-state index contributed by atoms with van der Waals surface area (Å²) >= 11 is 0. The zero-order valence-corrected chi connectivity index (χ0v) is 33.5. The van der Waals surface area contributed by atoms with Crippen LogP contribution in [0, 0.1) is 19.8 Å². The third-order valence-electron chi connectivity index (χ3n) is 11.0. The van der Waals surface area contributed by atoms with E-state index in [1.165, 1.54) is 14.2 Å². The van der Waals surface area contributed by atoms with Crippen LogP contribution < -0.4 is 0 Å². The summed E-state index contributed by atoms with van der Waals surface area (Å²) in [6, 6.07) is 7.62. The number of aromatic nitrogens is 4. The second-order valence-electron chi connectivity index (χ2n) is 14.3. The van der Waals surface area contributed by atoms with Crippen LogP contribution in [0.15, 0.2) is 67.0 Å². The van der Waals surface area contributed by atoms with Crippen LogP contribution in [0.3, 0.4) is 0 Å². The van der Waals surface area contributed by atoms with Gasteiger partial charge in [0.25, 0.3) is 0 Å². The Hall–Kier alpha value is -6.09. The Labute approximate surface area is 335 Å². The first kappa shape index (κ1) is 41.5. The molecule has 0 saturated heterocycles. The van der Waals surface area contributed by atoms with Gasteiger partial charge in [-0.05, 0) is 91.8 Å². The molecule has 5 heterocycles. The first-order chi connectivity index (χ1) is 27.8. The van der Waals surface area contributed by atoms with Crippen LogP contribution in [0.5, 0.6) is 0 Å². The fourth-order valence-corrected chi connectivity index (χ4v) is 7.88. The molecule has 0 fully saturated rings. The fraction of sp³-hybridized carbons (Fsp3) is 0.341. The fourth-order valence-electron chi connectivity index (χ4n) is 7.88. The molecule has 1 aliphatic carbocycles. The molecule has 0 radical (unpaired) electrons. The van der Waals surface area contributed by atoms with Gasteiger partial charge in [-0.2, -0.15) is 4.89 Å². The first-order valence-electron chi connectivity index (χ1n) is 18.8. The lowest BCUT2D eigenvalue weighted by molar-refractivity contribution is -0.266. The molecule has 14 nitrogen and oxygen atoms in total. The van der Waals surface area contributed by atoms with E-state index in [1.54, 1.807) is 18.2 Å². The van der Waals surface area contributed by atoms with Crippen molar-refractivity contribution in [2.75, 3.05) is 40.6 Å². The molecule has 0 amide bonds. The third-order valence-corrected chi connectivity index (χ3v) is 11.0. The number of hydrogen-bond acceptors (Lipinski definition) is 12. The lowest BCUT2D eigenvalue weighted by atomic mass is 9.64. The molecule has 4 N–H and O–H groups in total. The van der Waals surface area contributed by atoms with Crippen LogP contribution in [-0.4, -0.2) is 88.7 Å². The van der Waals surface area contributed by atoms with Gasteiger partial charge in [-0.3, -0.25) is 14.6 Å². The van der Waals surface area contributed by atoms with E-state index in [0.29, 0.717) is 45.8 Å². The summed E-state index contributed by atoms with van der Waals surface area (Å²) in [5.41, 5.74) is 9.79. The largest absolute Gasteiger partial charge is 0.469 e. The third kappa shape index (κ3) is 7.65. The Morgan fingerprint density at radius 1 is 0.862 bits per heavy atom. The van der Waals surface area contributed by atoms with Crippen LogP contribution in [0.1, 0.15) is 65.3 Å². The zero-order chi connectivity index (χ0) is 41.9. The molecule has 0 spiro atoms. The van der Waals surface area contributed by atoms with Crippen molar-refractivity contribution < 1.29 is 48.6 Å². The zero-order valence-electron chi connectivity index (χ0n) is 33.5. The number of aliphatic hydroxyl groups is 2. The first-order valence-corrected chi connectivity index (χ1v) is 18.8. The number of carbonyl (C=O) groups excluding carboxylic acids is 3. The lowest BCUT2D eigenvalue weighted by Crippen LogP contribution is -2.42. The topological polar surface area (TPSA) is 195 Å². The van der Waals surface area contributed by atoms with Gasteiger partial charge in [0, 0.05) is 40.5 Å². The molecule has 14 heteroatoms. The molecule has 0 aromatic carbocycles. The molecule has 2 aliphatic heterocycles. The highest BCUT2D eigenvalue weighted by Crippen LogP contribution is 2.52. The quantitative estimate of drug-likeness (QED) is 0.0386. The second-order valence-corrected chi connectivity index (χ2v) is 14.3. The summed E-state index contributed by atoms with van der Waals surface area (Å²) in [5.74, 6) is -2.57. The minimum atomic E-state index is -1.20. The number of nitrogens with one attached hydrogen (secondary N) is 2. The molecular formula is C44H48N4O10. The average Bonchev–Trinajstić information content (AvgIpc) is 3.86. The summed E-state index contributed by atoms with van der Waals surface area (Å²) in [6.45, 7) is 15.2. The number of H-pyrrole nitrogens is 2. The molecule has 3 aliphatic rings. The Morgan fingerprint density at radius 2 is 1.55 bits per heavy atom. The predicted octanol–water partition coefficient (Wildman–Crippen LogP) is 5.76. The van der Waals surface area contributed by atoms with E-state index in [2.05, 4.69) is 23.1 Å². The van der Waals surface area contributed by atoms with Crippen LogP contribution >= 0.6 is 0 Å². The number of hydrogen-bond donors (Lipinski definition) is 4. The summed E-state index contributed by atoms with van der Waals surface area (Å²) < 4.78 is 15.6.